The number of methoxy groups -OCH3 is 1. The smallest absolute Gasteiger partial charge is 0.347 e. The van der Waals surface area contributed by atoms with E-state index in [1.54, 1.807) is 25.1 Å². The quantitative estimate of drug-likeness (QED) is 0.541. The Labute approximate surface area is 168 Å². The SMILES string of the molecule is COc1ccc(S(=O)(=O)N2CCOCC2)cc1C(=O)Oc1ccc(Cl)cc1C. The third kappa shape index (κ3) is 4.30. The largest absolute Gasteiger partial charge is 0.496 e. The van der Waals surface area contributed by atoms with Crippen LogP contribution in [0.4, 0.5) is 0 Å². The summed E-state index contributed by atoms with van der Waals surface area (Å²) in [6, 6.07) is 8.98. The Morgan fingerprint density at radius 2 is 1.79 bits per heavy atom. The number of carbonyl (C=O) groups is 1. The molecule has 1 fully saturated rings. The van der Waals surface area contributed by atoms with Crippen molar-refractivity contribution in [2.75, 3.05) is 33.4 Å². The number of nitrogens with zero attached hydrogens (tertiary/aromatic N) is 1. The Bertz CT molecular complexity index is 986. The number of sulfonamides is 1. The summed E-state index contributed by atoms with van der Waals surface area (Å²) < 4.78 is 42.9. The number of hydrogen-bond donors (Lipinski definition) is 0. The summed E-state index contributed by atoms with van der Waals surface area (Å²) in [6.45, 7) is 2.95. The predicted octanol–water partition coefficient (Wildman–Crippen LogP) is 2.90. The number of esters is 1. The van der Waals surface area contributed by atoms with E-state index in [1.807, 2.05) is 0 Å². The maximum Gasteiger partial charge on any atom is 0.347 e. The molecule has 0 saturated carbocycles. The minimum Gasteiger partial charge on any atom is -0.496 e. The third-order valence-corrected chi connectivity index (χ3v) is 6.47. The standard InChI is InChI=1S/C19H20ClNO6S/c1-13-11-14(20)3-5-17(13)27-19(22)16-12-15(4-6-18(16)25-2)28(23,24)21-7-9-26-10-8-21/h3-6,11-12H,7-10H2,1-2H3. The molecule has 2 aromatic rings. The number of morpholine rings is 1. The maximum atomic E-state index is 12.9. The first-order valence-corrected chi connectivity index (χ1v) is 10.4. The minimum atomic E-state index is -3.76. The molecule has 28 heavy (non-hydrogen) atoms. The molecule has 0 amide bonds. The van der Waals surface area contributed by atoms with Gasteiger partial charge in [0.2, 0.25) is 10.0 Å². The lowest BCUT2D eigenvalue weighted by molar-refractivity contribution is 0.0725. The van der Waals surface area contributed by atoms with E-state index in [9.17, 15) is 13.2 Å². The summed E-state index contributed by atoms with van der Waals surface area (Å²) in [5.74, 6) is -0.170. The lowest BCUT2D eigenvalue weighted by atomic mass is 10.2. The van der Waals surface area contributed by atoms with Crippen LogP contribution in [0.3, 0.4) is 0 Å². The average molecular weight is 426 g/mol. The number of ether oxygens (including phenoxy) is 3. The van der Waals surface area contributed by atoms with Gasteiger partial charge in [0.15, 0.2) is 0 Å². The van der Waals surface area contributed by atoms with Gasteiger partial charge in [-0.2, -0.15) is 4.31 Å². The van der Waals surface area contributed by atoms with Gasteiger partial charge in [-0.1, -0.05) is 11.6 Å². The van der Waals surface area contributed by atoms with Gasteiger partial charge in [-0.05, 0) is 48.9 Å². The van der Waals surface area contributed by atoms with Gasteiger partial charge >= 0.3 is 5.97 Å². The average Bonchev–Trinajstić information content (AvgIpc) is 2.70. The summed E-state index contributed by atoms with van der Waals surface area (Å²) in [7, 11) is -2.36. The topological polar surface area (TPSA) is 82.1 Å². The fourth-order valence-corrected chi connectivity index (χ4v) is 4.49. The Balaban J connectivity index is 1.93. The van der Waals surface area contributed by atoms with E-state index in [-0.39, 0.29) is 29.3 Å². The third-order valence-electron chi connectivity index (χ3n) is 4.34. The van der Waals surface area contributed by atoms with Crippen molar-refractivity contribution in [3.8, 4) is 11.5 Å². The number of halogens is 1. The van der Waals surface area contributed by atoms with Crippen molar-refractivity contribution in [1.82, 2.24) is 4.31 Å². The molecule has 3 rings (SSSR count). The first kappa shape index (κ1) is 20.6. The molecule has 7 nitrogen and oxygen atoms in total. The second-order valence-electron chi connectivity index (χ2n) is 6.18. The zero-order chi connectivity index (χ0) is 20.3. The van der Waals surface area contributed by atoms with Crippen LogP contribution in [0.5, 0.6) is 11.5 Å². The van der Waals surface area contributed by atoms with Crippen LogP contribution < -0.4 is 9.47 Å². The molecule has 1 heterocycles. The summed E-state index contributed by atoms with van der Waals surface area (Å²) in [5, 5.41) is 0.522. The van der Waals surface area contributed by atoms with Gasteiger partial charge in [-0.15, -0.1) is 0 Å². The van der Waals surface area contributed by atoms with Crippen LogP contribution in [-0.2, 0) is 14.8 Å². The van der Waals surface area contributed by atoms with Crippen molar-refractivity contribution in [1.29, 1.82) is 0 Å². The van der Waals surface area contributed by atoms with Gasteiger partial charge in [0.25, 0.3) is 0 Å². The summed E-state index contributed by atoms with van der Waals surface area (Å²) in [6.07, 6.45) is 0. The van der Waals surface area contributed by atoms with Gasteiger partial charge < -0.3 is 14.2 Å². The van der Waals surface area contributed by atoms with Crippen LogP contribution in [-0.4, -0.2) is 52.1 Å². The van der Waals surface area contributed by atoms with Crippen LogP contribution in [0.1, 0.15) is 15.9 Å². The van der Waals surface area contributed by atoms with Gasteiger partial charge in [-0.3, -0.25) is 0 Å². The minimum absolute atomic E-state index is 0.00465. The fourth-order valence-electron chi connectivity index (χ4n) is 2.83. The number of benzene rings is 2. The molecule has 1 aliphatic heterocycles. The Hall–Kier alpha value is -2.13. The van der Waals surface area contributed by atoms with E-state index in [4.69, 9.17) is 25.8 Å². The van der Waals surface area contributed by atoms with E-state index in [0.29, 0.717) is 29.5 Å². The summed E-state index contributed by atoms with van der Waals surface area (Å²) in [4.78, 5) is 12.7. The first-order chi connectivity index (χ1) is 13.3. The molecule has 0 aromatic heterocycles. The zero-order valence-corrected chi connectivity index (χ0v) is 17.0. The second kappa shape index (κ2) is 8.48. The lowest BCUT2D eigenvalue weighted by Crippen LogP contribution is -2.40. The molecule has 1 saturated heterocycles. The van der Waals surface area contributed by atoms with E-state index in [0.717, 1.165) is 0 Å². The molecule has 0 radical (unpaired) electrons. The van der Waals surface area contributed by atoms with Crippen molar-refractivity contribution < 1.29 is 27.4 Å². The molecular formula is C19H20ClNO6S. The molecule has 2 aromatic carbocycles. The Morgan fingerprint density at radius 3 is 2.43 bits per heavy atom. The molecule has 0 unspecified atom stereocenters. The molecule has 9 heteroatoms. The Kier molecular flexibility index (Phi) is 6.24. The van der Waals surface area contributed by atoms with Gasteiger partial charge in [0.05, 0.1) is 25.2 Å². The molecule has 0 spiro atoms. The van der Waals surface area contributed by atoms with Crippen LogP contribution in [0.2, 0.25) is 5.02 Å². The molecule has 0 aliphatic carbocycles. The normalized spacial score (nSPS) is 15.2. The molecule has 0 atom stereocenters. The lowest BCUT2D eigenvalue weighted by Gasteiger charge is -2.26. The molecular weight excluding hydrogens is 406 g/mol. The van der Waals surface area contributed by atoms with E-state index >= 15 is 0 Å². The van der Waals surface area contributed by atoms with Crippen molar-refractivity contribution in [2.24, 2.45) is 0 Å². The van der Waals surface area contributed by atoms with E-state index in [2.05, 4.69) is 0 Å². The highest BCUT2D eigenvalue weighted by molar-refractivity contribution is 7.89. The van der Waals surface area contributed by atoms with Crippen LogP contribution in [0.15, 0.2) is 41.3 Å². The number of hydrogen-bond acceptors (Lipinski definition) is 6. The van der Waals surface area contributed by atoms with Gasteiger partial charge in [-0.25, -0.2) is 13.2 Å². The molecule has 0 N–H and O–H groups in total. The fraction of sp³-hybridized carbons (Fsp3) is 0.316. The highest BCUT2D eigenvalue weighted by Gasteiger charge is 2.28. The van der Waals surface area contributed by atoms with Crippen LogP contribution >= 0.6 is 11.6 Å². The predicted molar refractivity (Wildman–Crippen MR) is 104 cm³/mol. The second-order valence-corrected chi connectivity index (χ2v) is 8.55. The summed E-state index contributed by atoms with van der Waals surface area (Å²) in [5.41, 5.74) is 0.697. The van der Waals surface area contributed by atoms with E-state index in [1.165, 1.54) is 29.6 Å². The van der Waals surface area contributed by atoms with Gasteiger partial charge in [0, 0.05) is 18.1 Å². The molecule has 0 bridgehead atoms. The van der Waals surface area contributed by atoms with Crippen molar-refractivity contribution in [2.45, 2.75) is 11.8 Å². The maximum absolute atomic E-state index is 12.9. The van der Waals surface area contributed by atoms with Crippen molar-refractivity contribution in [3.05, 3.63) is 52.5 Å². The highest BCUT2D eigenvalue weighted by Crippen LogP contribution is 2.28. The number of carbonyl (C=O) groups excluding carboxylic acids is 1. The number of aryl methyl sites for hydroxylation is 1. The monoisotopic (exact) mass is 425 g/mol. The first-order valence-electron chi connectivity index (χ1n) is 8.57. The number of rotatable bonds is 5. The zero-order valence-electron chi connectivity index (χ0n) is 15.5. The van der Waals surface area contributed by atoms with Crippen LogP contribution in [0.25, 0.3) is 0 Å². The van der Waals surface area contributed by atoms with Crippen molar-refractivity contribution >= 4 is 27.6 Å². The highest BCUT2D eigenvalue weighted by atomic mass is 35.5. The Morgan fingerprint density at radius 1 is 1.11 bits per heavy atom. The molecule has 150 valence electrons. The van der Waals surface area contributed by atoms with Crippen LogP contribution in [0, 0.1) is 6.92 Å². The molecule has 1 aliphatic rings. The summed E-state index contributed by atoms with van der Waals surface area (Å²) >= 11 is 5.92. The van der Waals surface area contributed by atoms with Crippen molar-refractivity contribution in [3.63, 3.8) is 0 Å². The van der Waals surface area contributed by atoms with Gasteiger partial charge in [0.1, 0.15) is 17.1 Å². The van der Waals surface area contributed by atoms with E-state index < -0.39 is 16.0 Å².